The zero-order valence-corrected chi connectivity index (χ0v) is 8.90. The summed E-state index contributed by atoms with van der Waals surface area (Å²) in [5, 5.41) is 0.976. The second-order valence-electron chi connectivity index (χ2n) is 2.95. The fourth-order valence-corrected chi connectivity index (χ4v) is 1.21. The summed E-state index contributed by atoms with van der Waals surface area (Å²) in [4.78, 5) is 0. The van der Waals surface area contributed by atoms with Gasteiger partial charge >= 0.3 is 0 Å². The Morgan fingerprint density at radius 2 is 2.00 bits per heavy atom. The summed E-state index contributed by atoms with van der Waals surface area (Å²) in [6, 6.07) is 0. The summed E-state index contributed by atoms with van der Waals surface area (Å²) in [6.45, 7) is 4.22. The molecule has 0 aliphatic carbocycles. The topological polar surface area (TPSA) is 0 Å². The summed E-state index contributed by atoms with van der Waals surface area (Å²) in [6.07, 6.45) is 12.1. The zero-order valence-electron chi connectivity index (χ0n) is 8.15. The number of rotatable bonds is 6. The summed E-state index contributed by atoms with van der Waals surface area (Å²) in [5.41, 5.74) is 0. The highest BCUT2D eigenvalue weighted by molar-refractivity contribution is 6.29. The second kappa shape index (κ2) is 8.86. The molecule has 0 saturated heterocycles. The van der Waals surface area contributed by atoms with Crippen molar-refractivity contribution in [2.24, 2.45) is 0 Å². The van der Waals surface area contributed by atoms with Crippen LogP contribution in [0.5, 0.6) is 0 Å². The lowest BCUT2D eigenvalue weighted by atomic mass is 10.1. The normalized spacial score (nSPS) is 12.8. The van der Waals surface area contributed by atoms with Crippen LogP contribution in [0.2, 0.25) is 0 Å². The molecule has 0 aromatic heterocycles. The zero-order chi connectivity index (χ0) is 9.23. The lowest BCUT2D eigenvalue weighted by molar-refractivity contribution is 0.671. The minimum atomic E-state index is 0.976. The lowest BCUT2D eigenvalue weighted by Gasteiger charge is -1.97. The first-order valence-electron chi connectivity index (χ1n) is 4.78. The molecule has 70 valence electrons. The number of allylic oxidation sites excluding steroid dienone is 4. The van der Waals surface area contributed by atoms with E-state index in [1.807, 2.05) is 25.2 Å². The highest BCUT2D eigenvalue weighted by Gasteiger charge is 1.91. The van der Waals surface area contributed by atoms with Gasteiger partial charge in [-0.2, -0.15) is 0 Å². The smallest absolute Gasteiger partial charge is 0.0180 e. The van der Waals surface area contributed by atoms with Crippen molar-refractivity contribution in [3.63, 3.8) is 0 Å². The Hall–Kier alpha value is -0.230. The minimum Gasteiger partial charge on any atom is -0.0892 e. The minimum absolute atomic E-state index is 0.976. The van der Waals surface area contributed by atoms with E-state index in [0.29, 0.717) is 0 Å². The highest BCUT2D eigenvalue weighted by Crippen LogP contribution is 2.13. The van der Waals surface area contributed by atoms with Gasteiger partial charge in [-0.25, -0.2) is 0 Å². The Morgan fingerprint density at radius 3 is 2.58 bits per heavy atom. The third-order valence-electron chi connectivity index (χ3n) is 1.74. The van der Waals surface area contributed by atoms with Crippen molar-refractivity contribution >= 4 is 11.6 Å². The molecule has 0 saturated carbocycles. The molecule has 0 heterocycles. The average molecular weight is 187 g/mol. The molecule has 0 aliphatic heterocycles. The number of hydrogen-bond acceptors (Lipinski definition) is 0. The van der Waals surface area contributed by atoms with Gasteiger partial charge in [0.05, 0.1) is 0 Å². The lowest BCUT2D eigenvalue weighted by Crippen LogP contribution is -1.77. The van der Waals surface area contributed by atoms with Crippen molar-refractivity contribution in [2.75, 3.05) is 0 Å². The first-order chi connectivity index (χ1) is 5.81. The van der Waals surface area contributed by atoms with Crippen LogP contribution in [0.3, 0.4) is 0 Å². The predicted octanol–water partition coefficient (Wildman–Crippen LogP) is 4.66. The highest BCUT2D eigenvalue weighted by atomic mass is 35.5. The molecule has 0 spiro atoms. The van der Waals surface area contributed by atoms with Gasteiger partial charge in [-0.3, -0.25) is 0 Å². The molecule has 0 fully saturated rings. The molecule has 12 heavy (non-hydrogen) atoms. The number of hydrogen-bond donors (Lipinski definition) is 0. The van der Waals surface area contributed by atoms with E-state index in [-0.39, 0.29) is 0 Å². The third kappa shape index (κ3) is 7.87. The number of halogens is 1. The van der Waals surface area contributed by atoms with Gasteiger partial charge in [0.15, 0.2) is 0 Å². The van der Waals surface area contributed by atoms with Gasteiger partial charge in [-0.05, 0) is 25.8 Å². The maximum absolute atomic E-state index is 5.95. The van der Waals surface area contributed by atoms with Gasteiger partial charge in [0.1, 0.15) is 0 Å². The van der Waals surface area contributed by atoms with Gasteiger partial charge in [-0.15, -0.1) is 0 Å². The molecule has 0 atom stereocenters. The molecule has 0 aromatic rings. The van der Waals surface area contributed by atoms with E-state index in [1.165, 1.54) is 25.7 Å². The largest absolute Gasteiger partial charge is 0.0892 e. The summed E-state index contributed by atoms with van der Waals surface area (Å²) in [7, 11) is 0. The van der Waals surface area contributed by atoms with Crippen molar-refractivity contribution in [1.29, 1.82) is 0 Å². The van der Waals surface area contributed by atoms with Crippen LogP contribution >= 0.6 is 11.6 Å². The molecule has 0 amide bonds. The van der Waals surface area contributed by atoms with E-state index in [2.05, 4.69) is 6.92 Å². The van der Waals surface area contributed by atoms with Crippen LogP contribution in [-0.2, 0) is 0 Å². The monoisotopic (exact) mass is 186 g/mol. The van der Waals surface area contributed by atoms with Crippen LogP contribution in [0.4, 0.5) is 0 Å². The molecule has 0 bridgehead atoms. The van der Waals surface area contributed by atoms with E-state index in [4.69, 9.17) is 11.6 Å². The first-order valence-corrected chi connectivity index (χ1v) is 5.16. The van der Waals surface area contributed by atoms with Crippen molar-refractivity contribution in [2.45, 2.75) is 46.0 Å². The van der Waals surface area contributed by atoms with Crippen LogP contribution in [0.15, 0.2) is 23.3 Å². The maximum Gasteiger partial charge on any atom is 0.0180 e. The summed E-state index contributed by atoms with van der Waals surface area (Å²) < 4.78 is 0. The van der Waals surface area contributed by atoms with Crippen LogP contribution in [0.25, 0.3) is 0 Å². The maximum atomic E-state index is 5.95. The van der Waals surface area contributed by atoms with Gasteiger partial charge in [-0.1, -0.05) is 49.9 Å². The van der Waals surface area contributed by atoms with Gasteiger partial charge in [0, 0.05) is 5.03 Å². The Morgan fingerprint density at radius 1 is 1.25 bits per heavy atom. The van der Waals surface area contributed by atoms with Crippen molar-refractivity contribution < 1.29 is 0 Å². The van der Waals surface area contributed by atoms with E-state index < -0.39 is 0 Å². The van der Waals surface area contributed by atoms with Crippen LogP contribution in [0.1, 0.15) is 46.0 Å². The molecule has 0 aromatic carbocycles. The van der Waals surface area contributed by atoms with E-state index in [0.717, 1.165) is 11.5 Å². The standard InChI is InChI=1S/C11H19Cl/c1-3-5-7-8-10-11(12)9-6-4-2/h4,6,9H,3,5,7-8,10H2,1-2H3/b6-4+,11-9-. The molecule has 0 unspecified atom stereocenters. The molecule has 0 aliphatic rings. The van der Waals surface area contributed by atoms with Crippen LogP contribution in [-0.4, -0.2) is 0 Å². The van der Waals surface area contributed by atoms with Crippen LogP contribution < -0.4 is 0 Å². The third-order valence-corrected chi connectivity index (χ3v) is 2.05. The summed E-state index contributed by atoms with van der Waals surface area (Å²) in [5.74, 6) is 0. The predicted molar refractivity (Wildman–Crippen MR) is 57.5 cm³/mol. The van der Waals surface area contributed by atoms with Crippen molar-refractivity contribution in [3.8, 4) is 0 Å². The fourth-order valence-electron chi connectivity index (χ4n) is 1.00. The average Bonchev–Trinajstić information content (AvgIpc) is 2.09. The second-order valence-corrected chi connectivity index (χ2v) is 3.44. The number of unbranched alkanes of at least 4 members (excludes halogenated alkanes) is 3. The quantitative estimate of drug-likeness (QED) is 0.418. The molecule has 0 rings (SSSR count). The first kappa shape index (κ1) is 11.8. The van der Waals surface area contributed by atoms with Crippen molar-refractivity contribution in [1.82, 2.24) is 0 Å². The van der Waals surface area contributed by atoms with E-state index in [9.17, 15) is 0 Å². The Balaban J connectivity index is 3.36. The molecular weight excluding hydrogens is 168 g/mol. The molecule has 0 N–H and O–H groups in total. The fraction of sp³-hybridized carbons (Fsp3) is 0.636. The van der Waals surface area contributed by atoms with Crippen LogP contribution in [0, 0.1) is 0 Å². The van der Waals surface area contributed by atoms with E-state index >= 15 is 0 Å². The van der Waals surface area contributed by atoms with Gasteiger partial charge in [0.25, 0.3) is 0 Å². The summed E-state index contributed by atoms with van der Waals surface area (Å²) >= 11 is 5.95. The molecule has 0 nitrogen and oxygen atoms in total. The Bertz CT molecular complexity index is 145. The Labute approximate surface area is 81.3 Å². The van der Waals surface area contributed by atoms with Gasteiger partial charge < -0.3 is 0 Å². The molecular formula is C11H19Cl. The van der Waals surface area contributed by atoms with Gasteiger partial charge in [0.2, 0.25) is 0 Å². The SMILES string of the molecule is C/C=C/C=C(\Cl)CCCCCC. The molecule has 1 heteroatoms. The Kier molecular flexibility index (Phi) is 8.69. The van der Waals surface area contributed by atoms with Crippen molar-refractivity contribution in [3.05, 3.63) is 23.3 Å². The van der Waals surface area contributed by atoms with E-state index in [1.54, 1.807) is 0 Å². The molecule has 0 radical (unpaired) electrons.